The lowest BCUT2D eigenvalue weighted by Gasteiger charge is -2.41. The van der Waals surface area contributed by atoms with Crippen LogP contribution in [0.15, 0.2) is 70.3 Å². The van der Waals surface area contributed by atoms with Gasteiger partial charge in [-0.15, -0.1) is 11.7 Å². The molecule has 3 aliphatic rings. The third kappa shape index (κ3) is 4.75. The first-order chi connectivity index (χ1) is 15.5. The second-order valence-corrected chi connectivity index (χ2v) is 9.98. The molecule has 0 saturated heterocycles. The molecule has 6 heteroatoms. The van der Waals surface area contributed by atoms with Crippen LogP contribution in [0.5, 0.6) is 0 Å². The second-order valence-electron chi connectivity index (χ2n) is 8.98. The molecule has 0 unspecified atom stereocenters. The van der Waals surface area contributed by atoms with E-state index in [1.807, 2.05) is 35.4 Å². The van der Waals surface area contributed by atoms with E-state index >= 15 is 0 Å². The summed E-state index contributed by atoms with van der Waals surface area (Å²) in [6, 6.07) is 7.89. The molecule has 32 heavy (non-hydrogen) atoms. The predicted octanol–water partition coefficient (Wildman–Crippen LogP) is 4.10. The van der Waals surface area contributed by atoms with E-state index in [9.17, 15) is 4.79 Å². The monoisotopic (exact) mass is 448 g/mol. The van der Waals surface area contributed by atoms with Crippen molar-refractivity contribution in [2.75, 3.05) is 5.75 Å². The minimum absolute atomic E-state index is 0.111. The Bertz CT molecular complexity index is 1110. The van der Waals surface area contributed by atoms with Crippen molar-refractivity contribution in [1.29, 1.82) is 0 Å². The fourth-order valence-electron chi connectivity index (χ4n) is 4.68. The van der Waals surface area contributed by atoms with Gasteiger partial charge in [0, 0.05) is 16.9 Å². The van der Waals surface area contributed by atoms with E-state index in [0.717, 1.165) is 36.3 Å². The number of nitrogens with zero attached hydrogens (tertiary/aromatic N) is 3. The predicted molar refractivity (Wildman–Crippen MR) is 133 cm³/mol. The second kappa shape index (κ2) is 9.90. The lowest BCUT2D eigenvalue weighted by molar-refractivity contribution is -0.116. The largest absolute Gasteiger partial charge is 0.298 e. The number of hydrogen-bond donors (Lipinski definition) is 1. The van der Waals surface area contributed by atoms with E-state index < -0.39 is 0 Å². The average Bonchev–Trinajstić information content (AvgIpc) is 2.77. The standard InChI is InChI=1S/C26H32N4OS/c1-5-15-32-26-28-25(31)23-21-11-6-7-12-22(21)27-24(30(23)29-26)20-14-13-19(16-18(20)4)10-8-9-17(2)3/h5-7,9,11-13,18,20,24H,1,8,10,14-16H2,2-4H3,(H,28,29,31)/t18-,20-,24-/m0/s1. The Labute approximate surface area is 194 Å². The summed E-state index contributed by atoms with van der Waals surface area (Å²) in [7, 11) is 0. The maximum absolute atomic E-state index is 13.1. The first-order valence-corrected chi connectivity index (χ1v) is 12.4. The van der Waals surface area contributed by atoms with Gasteiger partial charge in [0.05, 0.1) is 5.36 Å². The van der Waals surface area contributed by atoms with Crippen molar-refractivity contribution in [2.24, 2.45) is 21.9 Å². The zero-order chi connectivity index (χ0) is 22.7. The van der Waals surface area contributed by atoms with E-state index in [4.69, 9.17) is 10.1 Å². The molecule has 5 nitrogen and oxygen atoms in total. The van der Waals surface area contributed by atoms with Crippen LogP contribution < -0.4 is 15.9 Å². The van der Waals surface area contributed by atoms with Crippen molar-refractivity contribution in [2.45, 2.75) is 52.6 Å². The molecule has 2 heterocycles. The van der Waals surface area contributed by atoms with Gasteiger partial charge in [0.25, 0.3) is 5.91 Å². The number of amidine groups is 1. The van der Waals surface area contributed by atoms with Crippen LogP contribution in [0.2, 0.25) is 0 Å². The summed E-state index contributed by atoms with van der Waals surface area (Å²) in [6.45, 7) is 10.4. The molecule has 1 aromatic carbocycles. The number of amides is 1. The highest BCUT2D eigenvalue weighted by molar-refractivity contribution is 8.14. The maximum atomic E-state index is 13.1. The van der Waals surface area contributed by atoms with Crippen LogP contribution in [0, 0.1) is 11.8 Å². The minimum Gasteiger partial charge on any atom is -0.298 e. The highest BCUT2D eigenvalue weighted by atomic mass is 32.2. The molecular formula is C26H32N4OS. The Morgan fingerprint density at radius 2 is 2.16 bits per heavy atom. The molecule has 1 aromatic rings. The van der Waals surface area contributed by atoms with Gasteiger partial charge >= 0.3 is 0 Å². The summed E-state index contributed by atoms with van der Waals surface area (Å²) >= 11 is 1.49. The van der Waals surface area contributed by atoms with Crippen LogP contribution in [0.1, 0.15) is 46.5 Å². The Balaban J connectivity index is 1.67. The Kier molecular flexibility index (Phi) is 6.99. The SMILES string of the molecule is C=CCSC1=NN2C(=c3ccccc3=N[C@@H]2[C@H]2CC=C(CCC=C(C)C)C[C@@H]2C)C(=O)N1. The molecule has 0 spiro atoms. The quantitative estimate of drug-likeness (QED) is 0.667. The number of hydrogen-bond acceptors (Lipinski definition) is 5. The molecule has 168 valence electrons. The molecule has 4 rings (SSSR count). The Hall–Kier alpha value is -2.60. The number of para-hydroxylation sites is 1. The van der Waals surface area contributed by atoms with E-state index in [-0.39, 0.29) is 12.1 Å². The summed E-state index contributed by atoms with van der Waals surface area (Å²) in [6.07, 6.45) is 10.6. The molecule has 3 atom stereocenters. The number of thioether (sulfide) groups is 1. The zero-order valence-corrected chi connectivity index (χ0v) is 20.0. The summed E-state index contributed by atoms with van der Waals surface area (Å²) in [5.41, 5.74) is 3.52. The number of carbonyl (C=O) groups is 1. The zero-order valence-electron chi connectivity index (χ0n) is 19.2. The number of benzene rings is 1. The van der Waals surface area contributed by atoms with Crippen LogP contribution in [0.25, 0.3) is 5.70 Å². The van der Waals surface area contributed by atoms with E-state index in [1.54, 1.807) is 0 Å². The van der Waals surface area contributed by atoms with Gasteiger partial charge in [-0.05, 0) is 51.5 Å². The highest BCUT2D eigenvalue weighted by Crippen LogP contribution is 2.38. The van der Waals surface area contributed by atoms with Crippen LogP contribution >= 0.6 is 11.8 Å². The van der Waals surface area contributed by atoms with Gasteiger partial charge in [0.15, 0.2) is 5.17 Å². The third-order valence-electron chi connectivity index (χ3n) is 6.28. The molecular weight excluding hydrogens is 416 g/mol. The third-order valence-corrected chi connectivity index (χ3v) is 7.14. The molecule has 0 radical (unpaired) electrons. The van der Waals surface area contributed by atoms with Crippen molar-refractivity contribution in [3.8, 4) is 0 Å². The molecule has 0 aromatic heterocycles. The minimum atomic E-state index is -0.184. The van der Waals surface area contributed by atoms with Crippen molar-refractivity contribution >= 4 is 28.5 Å². The normalized spacial score (nSPS) is 24.3. The van der Waals surface area contributed by atoms with Gasteiger partial charge in [-0.2, -0.15) is 0 Å². The lowest BCUT2D eigenvalue weighted by Crippen LogP contribution is -2.55. The first-order valence-electron chi connectivity index (χ1n) is 11.4. The molecule has 0 saturated carbocycles. The number of rotatable bonds is 6. The average molecular weight is 449 g/mol. The Morgan fingerprint density at radius 3 is 2.91 bits per heavy atom. The number of nitrogens with one attached hydrogen (secondary N) is 1. The van der Waals surface area contributed by atoms with E-state index in [0.29, 0.717) is 28.5 Å². The van der Waals surface area contributed by atoms with Gasteiger partial charge in [-0.3, -0.25) is 15.1 Å². The molecule has 1 amide bonds. The lowest BCUT2D eigenvalue weighted by atomic mass is 9.77. The number of carbonyl (C=O) groups excluding carboxylic acids is 1. The molecule has 1 aliphatic carbocycles. The van der Waals surface area contributed by atoms with Crippen molar-refractivity contribution in [3.05, 3.63) is 70.8 Å². The van der Waals surface area contributed by atoms with Crippen LogP contribution in [0.3, 0.4) is 0 Å². The van der Waals surface area contributed by atoms with Crippen molar-refractivity contribution in [3.63, 3.8) is 0 Å². The van der Waals surface area contributed by atoms with Gasteiger partial charge in [-0.25, -0.2) is 5.01 Å². The fraction of sp³-hybridized carbons (Fsp3) is 0.423. The van der Waals surface area contributed by atoms with E-state index in [2.05, 4.69) is 44.8 Å². The molecule has 0 bridgehead atoms. The molecule has 0 fully saturated rings. The highest BCUT2D eigenvalue weighted by Gasteiger charge is 2.40. The fourth-order valence-corrected chi connectivity index (χ4v) is 5.27. The summed E-state index contributed by atoms with van der Waals surface area (Å²) in [5, 5.41) is 12.0. The number of hydrazone groups is 1. The van der Waals surface area contributed by atoms with Gasteiger partial charge in [-0.1, -0.05) is 66.3 Å². The van der Waals surface area contributed by atoms with Crippen LogP contribution in [-0.4, -0.2) is 28.0 Å². The van der Waals surface area contributed by atoms with Crippen LogP contribution in [-0.2, 0) is 4.79 Å². The smallest absolute Gasteiger partial charge is 0.276 e. The van der Waals surface area contributed by atoms with Gasteiger partial charge in [0.2, 0.25) is 0 Å². The number of fused-ring (bicyclic) bond motifs is 2. The summed E-state index contributed by atoms with van der Waals surface area (Å²) in [5.74, 6) is 1.34. The topological polar surface area (TPSA) is 57.1 Å². The van der Waals surface area contributed by atoms with Gasteiger partial charge in [0.1, 0.15) is 11.9 Å². The van der Waals surface area contributed by atoms with Crippen molar-refractivity contribution < 1.29 is 4.79 Å². The number of allylic oxidation sites excluding steroid dienone is 4. The van der Waals surface area contributed by atoms with Gasteiger partial charge < -0.3 is 0 Å². The maximum Gasteiger partial charge on any atom is 0.276 e. The summed E-state index contributed by atoms with van der Waals surface area (Å²) < 4.78 is 0. The molecule has 2 aliphatic heterocycles. The first kappa shape index (κ1) is 22.6. The van der Waals surface area contributed by atoms with Crippen molar-refractivity contribution in [1.82, 2.24) is 10.3 Å². The Morgan fingerprint density at radius 1 is 1.34 bits per heavy atom. The van der Waals surface area contributed by atoms with Crippen LogP contribution in [0.4, 0.5) is 0 Å². The summed E-state index contributed by atoms with van der Waals surface area (Å²) in [4.78, 5) is 18.2. The molecule has 1 N–H and O–H groups in total. The van der Waals surface area contributed by atoms with E-state index in [1.165, 1.54) is 22.9 Å².